The Morgan fingerprint density at radius 1 is 1.50 bits per heavy atom. The summed E-state index contributed by atoms with van der Waals surface area (Å²) in [4.78, 5) is 11.9. The highest BCUT2D eigenvalue weighted by Crippen LogP contribution is 2.26. The van der Waals surface area contributed by atoms with Crippen LogP contribution in [-0.2, 0) is 7.05 Å². The molecule has 0 aliphatic carbocycles. The molecule has 0 N–H and O–H groups in total. The van der Waals surface area contributed by atoms with Crippen LogP contribution in [-0.4, -0.2) is 15.6 Å². The largest absolute Gasteiger partial charge is 0.292 e. The van der Waals surface area contributed by atoms with Gasteiger partial charge >= 0.3 is 0 Å². The van der Waals surface area contributed by atoms with Crippen molar-refractivity contribution in [2.24, 2.45) is 18.4 Å². The van der Waals surface area contributed by atoms with Gasteiger partial charge in [-0.1, -0.05) is 27.7 Å². The molecule has 0 spiro atoms. The van der Waals surface area contributed by atoms with Crippen molar-refractivity contribution in [2.45, 2.75) is 40.5 Å². The lowest BCUT2D eigenvalue weighted by atomic mass is 9.83. The van der Waals surface area contributed by atoms with Crippen molar-refractivity contribution in [3.05, 3.63) is 18.0 Å². The fourth-order valence-corrected chi connectivity index (χ4v) is 2.10. The van der Waals surface area contributed by atoms with Gasteiger partial charge in [0.15, 0.2) is 5.78 Å². The van der Waals surface area contributed by atoms with Gasteiger partial charge in [-0.15, -0.1) is 0 Å². The molecular weight excluding hydrogens is 200 g/mol. The Bertz CT molecular complexity index is 360. The van der Waals surface area contributed by atoms with Crippen molar-refractivity contribution in [3.63, 3.8) is 0 Å². The van der Waals surface area contributed by atoms with Crippen LogP contribution in [0.25, 0.3) is 0 Å². The molecule has 1 unspecified atom stereocenters. The van der Waals surface area contributed by atoms with E-state index in [1.54, 1.807) is 10.7 Å². The lowest BCUT2D eigenvalue weighted by Gasteiger charge is -2.22. The molecule has 1 atom stereocenters. The number of nitrogens with zero attached hydrogens (tertiary/aromatic N) is 2. The molecule has 1 aromatic heterocycles. The van der Waals surface area contributed by atoms with E-state index in [0.29, 0.717) is 18.0 Å². The summed E-state index contributed by atoms with van der Waals surface area (Å²) in [6.07, 6.45) is 3.46. The van der Waals surface area contributed by atoms with E-state index in [4.69, 9.17) is 0 Å². The summed E-state index contributed by atoms with van der Waals surface area (Å²) in [7, 11) is 1.83. The minimum absolute atomic E-state index is 0.150. The number of rotatable bonds is 4. The number of ketones is 1. The fourth-order valence-electron chi connectivity index (χ4n) is 2.10. The van der Waals surface area contributed by atoms with E-state index < -0.39 is 0 Å². The molecule has 90 valence electrons. The number of aryl methyl sites for hydroxylation is 1. The maximum atomic E-state index is 11.9. The molecule has 16 heavy (non-hydrogen) atoms. The highest BCUT2D eigenvalue weighted by atomic mass is 16.1. The number of carbonyl (C=O) groups excluding carboxylic acids is 1. The van der Waals surface area contributed by atoms with E-state index in [2.05, 4.69) is 32.8 Å². The topological polar surface area (TPSA) is 34.9 Å². The van der Waals surface area contributed by atoms with Gasteiger partial charge in [0.25, 0.3) is 0 Å². The zero-order valence-electron chi connectivity index (χ0n) is 10.9. The molecule has 0 bridgehead atoms. The second-order valence-corrected chi connectivity index (χ2v) is 5.87. The number of aromatic nitrogens is 2. The zero-order valence-corrected chi connectivity index (χ0v) is 10.9. The zero-order chi connectivity index (χ0) is 12.3. The van der Waals surface area contributed by atoms with Gasteiger partial charge in [0.05, 0.1) is 0 Å². The molecule has 0 saturated carbocycles. The number of hydrogen-bond acceptors (Lipinski definition) is 2. The molecule has 0 amide bonds. The maximum Gasteiger partial charge on any atom is 0.183 e. The Kier molecular flexibility index (Phi) is 3.89. The van der Waals surface area contributed by atoms with Gasteiger partial charge in [-0.3, -0.25) is 9.48 Å². The van der Waals surface area contributed by atoms with E-state index in [0.717, 1.165) is 6.42 Å². The van der Waals surface area contributed by atoms with Crippen molar-refractivity contribution in [2.75, 3.05) is 0 Å². The summed E-state index contributed by atoms with van der Waals surface area (Å²) in [6.45, 7) is 8.74. The lowest BCUT2D eigenvalue weighted by molar-refractivity contribution is 0.0948. The van der Waals surface area contributed by atoms with Gasteiger partial charge in [-0.05, 0) is 23.8 Å². The second-order valence-electron chi connectivity index (χ2n) is 5.87. The summed E-state index contributed by atoms with van der Waals surface area (Å²) < 4.78 is 1.67. The SMILES string of the molecule is CC(CC(=O)c1ccn(C)n1)CC(C)(C)C. The van der Waals surface area contributed by atoms with E-state index >= 15 is 0 Å². The third-order valence-corrected chi connectivity index (χ3v) is 2.49. The van der Waals surface area contributed by atoms with Gasteiger partial charge in [-0.25, -0.2) is 0 Å². The first-order chi connectivity index (χ1) is 7.28. The van der Waals surface area contributed by atoms with E-state index in [9.17, 15) is 4.79 Å². The van der Waals surface area contributed by atoms with Crippen molar-refractivity contribution in [3.8, 4) is 0 Å². The third-order valence-electron chi connectivity index (χ3n) is 2.49. The molecule has 3 heteroatoms. The average Bonchev–Trinajstić information content (AvgIpc) is 2.47. The first-order valence-electron chi connectivity index (χ1n) is 5.81. The fraction of sp³-hybridized carbons (Fsp3) is 0.692. The van der Waals surface area contributed by atoms with Gasteiger partial charge in [0.1, 0.15) is 5.69 Å². The second kappa shape index (κ2) is 4.81. The van der Waals surface area contributed by atoms with Crippen LogP contribution in [0.1, 0.15) is 51.0 Å². The standard InChI is InChI=1S/C13H22N2O/c1-10(9-13(2,3)4)8-12(16)11-6-7-15(5)14-11/h6-7,10H,8-9H2,1-5H3. The summed E-state index contributed by atoms with van der Waals surface area (Å²) in [6, 6.07) is 1.78. The van der Waals surface area contributed by atoms with Gasteiger partial charge in [-0.2, -0.15) is 5.10 Å². The first kappa shape index (κ1) is 12.9. The van der Waals surface area contributed by atoms with Crippen LogP contribution in [0.4, 0.5) is 0 Å². The quantitative estimate of drug-likeness (QED) is 0.734. The molecule has 0 aromatic carbocycles. The summed E-state index contributed by atoms with van der Waals surface area (Å²) in [5.74, 6) is 0.562. The van der Waals surface area contributed by atoms with Crippen molar-refractivity contribution in [1.82, 2.24) is 9.78 Å². The minimum Gasteiger partial charge on any atom is -0.292 e. The summed E-state index contributed by atoms with van der Waals surface area (Å²) >= 11 is 0. The predicted molar refractivity (Wildman–Crippen MR) is 65.4 cm³/mol. The number of hydrogen-bond donors (Lipinski definition) is 0. The highest BCUT2D eigenvalue weighted by molar-refractivity contribution is 5.94. The number of Topliss-reactive ketones (excluding diaryl/α,β-unsaturated/α-hetero) is 1. The molecular formula is C13H22N2O. The van der Waals surface area contributed by atoms with E-state index in [1.165, 1.54) is 0 Å². The minimum atomic E-state index is 0.150. The Hall–Kier alpha value is -1.12. The van der Waals surface area contributed by atoms with E-state index in [-0.39, 0.29) is 11.2 Å². The molecule has 0 aliphatic rings. The third kappa shape index (κ3) is 4.17. The maximum absolute atomic E-state index is 11.9. The van der Waals surface area contributed by atoms with Crippen LogP contribution in [0.15, 0.2) is 12.3 Å². The smallest absolute Gasteiger partial charge is 0.183 e. The Morgan fingerprint density at radius 2 is 2.12 bits per heavy atom. The Morgan fingerprint density at radius 3 is 2.56 bits per heavy atom. The van der Waals surface area contributed by atoms with Gasteiger partial charge in [0, 0.05) is 19.7 Å². The van der Waals surface area contributed by atoms with Gasteiger partial charge in [0.2, 0.25) is 0 Å². The van der Waals surface area contributed by atoms with Crippen LogP contribution in [0.2, 0.25) is 0 Å². The van der Waals surface area contributed by atoms with Crippen LogP contribution < -0.4 is 0 Å². The van der Waals surface area contributed by atoms with Crippen molar-refractivity contribution >= 4 is 5.78 Å². The normalized spacial score (nSPS) is 13.8. The Balaban J connectivity index is 2.52. The summed E-state index contributed by atoms with van der Waals surface area (Å²) in [5, 5.41) is 4.13. The molecule has 0 fully saturated rings. The van der Waals surface area contributed by atoms with Crippen LogP contribution in [0.5, 0.6) is 0 Å². The molecule has 1 heterocycles. The predicted octanol–water partition coefficient (Wildman–Crippen LogP) is 3.07. The van der Waals surface area contributed by atoms with Crippen LogP contribution >= 0.6 is 0 Å². The molecule has 1 aromatic rings. The first-order valence-corrected chi connectivity index (χ1v) is 5.81. The average molecular weight is 222 g/mol. The molecule has 0 aliphatic heterocycles. The number of carbonyl (C=O) groups is 1. The van der Waals surface area contributed by atoms with E-state index in [1.807, 2.05) is 13.2 Å². The molecule has 0 saturated heterocycles. The Labute approximate surface area is 97.8 Å². The molecule has 3 nitrogen and oxygen atoms in total. The van der Waals surface area contributed by atoms with Gasteiger partial charge < -0.3 is 0 Å². The van der Waals surface area contributed by atoms with Crippen LogP contribution in [0, 0.1) is 11.3 Å². The summed E-state index contributed by atoms with van der Waals surface area (Å²) in [5.41, 5.74) is 0.868. The molecule has 1 rings (SSSR count). The van der Waals surface area contributed by atoms with Crippen LogP contribution in [0.3, 0.4) is 0 Å². The van der Waals surface area contributed by atoms with Crippen molar-refractivity contribution in [1.29, 1.82) is 0 Å². The highest BCUT2D eigenvalue weighted by Gasteiger charge is 2.19. The lowest BCUT2D eigenvalue weighted by Crippen LogP contribution is -2.14. The van der Waals surface area contributed by atoms with Crippen molar-refractivity contribution < 1.29 is 4.79 Å². The molecule has 0 radical (unpaired) electrons. The monoisotopic (exact) mass is 222 g/mol.